The number of rotatable bonds is 6. The van der Waals surface area contributed by atoms with Gasteiger partial charge in [-0.15, -0.1) is 0 Å². The fourth-order valence-corrected chi connectivity index (χ4v) is 1.51. The molecule has 4 nitrogen and oxygen atoms in total. The Bertz CT molecular complexity index is 353. The molecule has 1 rings (SSSR count). The summed E-state index contributed by atoms with van der Waals surface area (Å²) in [5, 5.41) is 0. The highest BCUT2D eigenvalue weighted by molar-refractivity contribution is 5.86. The molecule has 0 saturated heterocycles. The number of carbonyl (C=O) groups is 1. The van der Waals surface area contributed by atoms with Crippen LogP contribution in [0.25, 0.3) is 0 Å². The molecule has 4 heteroatoms. The van der Waals surface area contributed by atoms with E-state index in [0.717, 1.165) is 25.4 Å². The van der Waals surface area contributed by atoms with E-state index >= 15 is 0 Å². The molecule has 0 amide bonds. The molecule has 0 aliphatic carbocycles. The van der Waals surface area contributed by atoms with Gasteiger partial charge in [0, 0.05) is 0 Å². The van der Waals surface area contributed by atoms with Gasteiger partial charge in [0.25, 0.3) is 0 Å². The summed E-state index contributed by atoms with van der Waals surface area (Å²) in [6.45, 7) is 10.5. The van der Waals surface area contributed by atoms with Crippen LogP contribution in [0.5, 0.6) is 0 Å². The fraction of sp³-hybridized carbons (Fsp3) is 0.615. The smallest absolute Gasteiger partial charge is 0.374 e. The van der Waals surface area contributed by atoms with E-state index in [4.69, 9.17) is 9.15 Å². The minimum absolute atomic E-state index is 0.126. The van der Waals surface area contributed by atoms with Gasteiger partial charge in [-0.2, -0.15) is 0 Å². The Balaban J connectivity index is 2.61. The summed E-state index contributed by atoms with van der Waals surface area (Å²) in [6.07, 6.45) is -0.126. The third-order valence-corrected chi connectivity index (χ3v) is 2.48. The Morgan fingerprint density at radius 3 is 2.53 bits per heavy atom. The van der Waals surface area contributed by atoms with Crippen LogP contribution < -0.4 is 0 Å². The van der Waals surface area contributed by atoms with Crippen LogP contribution in [-0.4, -0.2) is 30.1 Å². The van der Waals surface area contributed by atoms with Crippen molar-refractivity contribution in [3.63, 3.8) is 0 Å². The van der Waals surface area contributed by atoms with E-state index in [2.05, 4.69) is 18.7 Å². The van der Waals surface area contributed by atoms with E-state index in [0.29, 0.717) is 0 Å². The van der Waals surface area contributed by atoms with Crippen LogP contribution in [0.1, 0.15) is 44.0 Å². The van der Waals surface area contributed by atoms with Crippen molar-refractivity contribution in [2.45, 2.75) is 40.3 Å². The average Bonchev–Trinajstić information content (AvgIpc) is 2.73. The number of esters is 1. The molecule has 0 spiro atoms. The Kier molecular flexibility index (Phi) is 5.22. The Hall–Kier alpha value is -1.29. The molecular formula is C13H21NO3. The minimum Gasteiger partial charge on any atom is -0.457 e. The average molecular weight is 239 g/mol. The van der Waals surface area contributed by atoms with Gasteiger partial charge in [-0.1, -0.05) is 13.8 Å². The third-order valence-electron chi connectivity index (χ3n) is 2.48. The highest BCUT2D eigenvalue weighted by atomic mass is 16.6. The lowest BCUT2D eigenvalue weighted by molar-refractivity contribution is 0.0338. The van der Waals surface area contributed by atoms with Crippen molar-refractivity contribution in [3.8, 4) is 0 Å². The van der Waals surface area contributed by atoms with Crippen molar-refractivity contribution >= 4 is 5.97 Å². The Labute approximate surface area is 103 Å². The highest BCUT2D eigenvalue weighted by Gasteiger charge is 2.14. The molecule has 0 saturated carbocycles. The molecule has 1 heterocycles. The SMILES string of the molecule is CCN(CC)Cc1ccc(C(=O)OC(C)C)o1. The summed E-state index contributed by atoms with van der Waals surface area (Å²) in [4.78, 5) is 13.8. The number of nitrogens with zero attached hydrogens (tertiary/aromatic N) is 1. The predicted octanol–water partition coefficient (Wildman–Crippen LogP) is 2.69. The molecule has 0 bridgehead atoms. The molecule has 0 aliphatic rings. The maximum atomic E-state index is 11.6. The normalized spacial score (nSPS) is 11.2. The summed E-state index contributed by atoms with van der Waals surface area (Å²) in [5.41, 5.74) is 0. The standard InChI is InChI=1S/C13H21NO3/c1-5-14(6-2)9-11-7-8-12(17-11)13(15)16-10(3)4/h7-8,10H,5-6,9H2,1-4H3. The van der Waals surface area contributed by atoms with Crippen LogP contribution in [0, 0.1) is 0 Å². The molecular weight excluding hydrogens is 218 g/mol. The van der Waals surface area contributed by atoms with Gasteiger partial charge in [0.1, 0.15) is 5.76 Å². The van der Waals surface area contributed by atoms with E-state index in [9.17, 15) is 4.79 Å². The molecule has 0 radical (unpaired) electrons. The molecule has 0 aromatic carbocycles. The lowest BCUT2D eigenvalue weighted by Crippen LogP contribution is -2.21. The second-order valence-electron chi connectivity index (χ2n) is 4.18. The molecule has 17 heavy (non-hydrogen) atoms. The van der Waals surface area contributed by atoms with Gasteiger partial charge in [0.15, 0.2) is 0 Å². The van der Waals surface area contributed by atoms with Crippen molar-refractivity contribution in [2.75, 3.05) is 13.1 Å². The molecule has 1 aromatic heterocycles. The maximum Gasteiger partial charge on any atom is 0.374 e. The largest absolute Gasteiger partial charge is 0.457 e. The molecule has 0 aliphatic heterocycles. The summed E-state index contributed by atoms with van der Waals surface area (Å²) in [7, 11) is 0. The first-order valence-electron chi connectivity index (χ1n) is 6.08. The van der Waals surface area contributed by atoms with Gasteiger partial charge in [0.05, 0.1) is 12.6 Å². The van der Waals surface area contributed by atoms with Crippen molar-refractivity contribution in [1.29, 1.82) is 0 Å². The monoisotopic (exact) mass is 239 g/mol. The zero-order valence-electron chi connectivity index (χ0n) is 11.0. The fourth-order valence-electron chi connectivity index (χ4n) is 1.51. The van der Waals surface area contributed by atoms with Gasteiger partial charge in [0.2, 0.25) is 5.76 Å². The lowest BCUT2D eigenvalue weighted by Gasteiger charge is -2.15. The lowest BCUT2D eigenvalue weighted by atomic mass is 10.4. The number of ether oxygens (including phenoxy) is 1. The zero-order chi connectivity index (χ0) is 12.8. The van der Waals surface area contributed by atoms with Crippen LogP contribution in [0.2, 0.25) is 0 Å². The zero-order valence-corrected chi connectivity index (χ0v) is 11.0. The van der Waals surface area contributed by atoms with E-state index in [-0.39, 0.29) is 11.9 Å². The number of hydrogen-bond donors (Lipinski definition) is 0. The number of furan rings is 1. The van der Waals surface area contributed by atoms with Crippen molar-refractivity contribution in [2.24, 2.45) is 0 Å². The second kappa shape index (κ2) is 6.45. The molecule has 96 valence electrons. The minimum atomic E-state index is -0.397. The predicted molar refractivity (Wildman–Crippen MR) is 65.9 cm³/mol. The quantitative estimate of drug-likeness (QED) is 0.716. The van der Waals surface area contributed by atoms with Crippen molar-refractivity contribution in [3.05, 3.63) is 23.7 Å². The van der Waals surface area contributed by atoms with Crippen molar-refractivity contribution < 1.29 is 13.9 Å². The van der Waals surface area contributed by atoms with Gasteiger partial charge >= 0.3 is 5.97 Å². The first-order chi connectivity index (χ1) is 8.06. The van der Waals surface area contributed by atoms with Crippen LogP contribution >= 0.6 is 0 Å². The maximum absolute atomic E-state index is 11.6. The van der Waals surface area contributed by atoms with E-state index in [1.807, 2.05) is 19.9 Å². The number of hydrogen-bond acceptors (Lipinski definition) is 4. The Morgan fingerprint density at radius 1 is 1.35 bits per heavy atom. The van der Waals surface area contributed by atoms with Gasteiger partial charge < -0.3 is 9.15 Å². The molecule has 1 aromatic rings. The summed E-state index contributed by atoms with van der Waals surface area (Å²) >= 11 is 0. The first kappa shape index (κ1) is 13.8. The van der Waals surface area contributed by atoms with Crippen LogP contribution in [0.3, 0.4) is 0 Å². The summed E-state index contributed by atoms with van der Waals surface area (Å²) < 4.78 is 10.5. The van der Waals surface area contributed by atoms with Gasteiger partial charge in [-0.3, -0.25) is 4.90 Å². The summed E-state index contributed by atoms with van der Waals surface area (Å²) in [5.74, 6) is 0.677. The molecule has 0 fully saturated rings. The summed E-state index contributed by atoms with van der Waals surface area (Å²) in [6, 6.07) is 3.50. The van der Waals surface area contributed by atoms with Crippen LogP contribution in [-0.2, 0) is 11.3 Å². The highest BCUT2D eigenvalue weighted by Crippen LogP contribution is 2.12. The van der Waals surface area contributed by atoms with Gasteiger partial charge in [-0.05, 0) is 39.1 Å². The number of carbonyl (C=O) groups excluding carboxylic acids is 1. The Morgan fingerprint density at radius 2 is 2.00 bits per heavy atom. The molecule has 0 N–H and O–H groups in total. The van der Waals surface area contributed by atoms with Crippen LogP contribution in [0.15, 0.2) is 16.5 Å². The van der Waals surface area contributed by atoms with E-state index in [1.165, 1.54) is 0 Å². The molecule has 0 unspecified atom stereocenters. The molecule has 0 atom stereocenters. The van der Waals surface area contributed by atoms with Gasteiger partial charge in [-0.25, -0.2) is 4.79 Å². The first-order valence-corrected chi connectivity index (χ1v) is 6.08. The topological polar surface area (TPSA) is 42.7 Å². The van der Waals surface area contributed by atoms with E-state index in [1.54, 1.807) is 6.07 Å². The third kappa shape index (κ3) is 4.23. The van der Waals surface area contributed by atoms with E-state index < -0.39 is 5.97 Å². The van der Waals surface area contributed by atoms with Crippen LogP contribution in [0.4, 0.5) is 0 Å². The second-order valence-corrected chi connectivity index (χ2v) is 4.18. The van der Waals surface area contributed by atoms with Crippen molar-refractivity contribution in [1.82, 2.24) is 4.90 Å².